The van der Waals surface area contributed by atoms with E-state index < -0.39 is 37.2 Å². The highest BCUT2D eigenvalue weighted by molar-refractivity contribution is 5.57. The lowest BCUT2D eigenvalue weighted by atomic mass is 10.0. The molecule has 4 atom stereocenters. The van der Waals surface area contributed by atoms with Crippen molar-refractivity contribution in [3.8, 4) is 0 Å². The van der Waals surface area contributed by atoms with Crippen LogP contribution in [0.1, 0.15) is 0 Å². The summed E-state index contributed by atoms with van der Waals surface area (Å²) in [6.45, 7) is -0.701. The first-order valence-corrected chi connectivity index (χ1v) is 4.00. The number of hydrogen-bond acceptors (Lipinski definition) is 6. The predicted octanol–water partition coefficient (Wildman–Crippen LogP) is -1.43. The first kappa shape index (κ1) is 11.3. The molecule has 1 rings (SSSR count). The number of ether oxygens (including phenoxy) is 2. The van der Waals surface area contributed by atoms with Gasteiger partial charge in [-0.25, -0.2) is 4.79 Å². The third kappa shape index (κ3) is 2.61. The molecule has 1 heterocycles. The molecule has 7 heteroatoms. The topological polar surface area (TPSA) is 96.2 Å². The Labute approximate surface area is 78.9 Å². The van der Waals surface area contributed by atoms with E-state index in [9.17, 15) is 14.3 Å². The molecule has 1 saturated heterocycles. The van der Waals surface area contributed by atoms with E-state index in [1.165, 1.54) is 0 Å². The quantitative estimate of drug-likeness (QED) is 0.484. The van der Waals surface area contributed by atoms with Gasteiger partial charge < -0.3 is 24.8 Å². The third-order valence-corrected chi connectivity index (χ3v) is 1.97. The molecule has 3 N–H and O–H groups in total. The predicted molar refractivity (Wildman–Crippen MR) is 40.2 cm³/mol. The van der Waals surface area contributed by atoms with Crippen molar-refractivity contribution < 1.29 is 34.0 Å². The van der Waals surface area contributed by atoms with Gasteiger partial charge in [0.05, 0.1) is 6.61 Å². The highest BCUT2D eigenvalue weighted by Gasteiger charge is 2.38. The Balaban J connectivity index is 2.42. The average molecular weight is 210 g/mol. The monoisotopic (exact) mass is 210 g/mol. The lowest BCUT2D eigenvalue weighted by molar-refractivity contribution is -0.195. The van der Waals surface area contributed by atoms with Gasteiger partial charge in [0, 0.05) is 0 Å². The second kappa shape index (κ2) is 4.65. The fraction of sp³-hybridized carbons (Fsp3) is 0.857. The number of aliphatic hydroxyl groups excluding tert-OH is 3. The van der Waals surface area contributed by atoms with E-state index in [-0.39, 0.29) is 6.61 Å². The van der Waals surface area contributed by atoms with E-state index in [4.69, 9.17) is 14.9 Å². The third-order valence-electron chi connectivity index (χ3n) is 1.97. The Kier molecular flexibility index (Phi) is 3.76. The number of aliphatic hydroxyl groups is 3. The SMILES string of the molecule is O=C(F)OCC1OCC(O)C(O)C1O. The number of carbonyl (C=O) groups is 1. The zero-order valence-electron chi connectivity index (χ0n) is 7.17. The van der Waals surface area contributed by atoms with E-state index in [0.29, 0.717) is 0 Å². The van der Waals surface area contributed by atoms with E-state index in [2.05, 4.69) is 4.74 Å². The number of rotatable bonds is 2. The molecule has 6 nitrogen and oxygen atoms in total. The highest BCUT2D eigenvalue weighted by atomic mass is 19.1. The molecule has 0 amide bonds. The van der Waals surface area contributed by atoms with Crippen molar-refractivity contribution in [1.29, 1.82) is 0 Å². The Morgan fingerprint density at radius 3 is 2.64 bits per heavy atom. The molecule has 0 radical (unpaired) electrons. The number of halogens is 1. The van der Waals surface area contributed by atoms with Crippen LogP contribution in [-0.4, -0.2) is 59.2 Å². The largest absolute Gasteiger partial charge is 0.495 e. The van der Waals surface area contributed by atoms with Crippen LogP contribution in [0.4, 0.5) is 9.18 Å². The van der Waals surface area contributed by atoms with Crippen LogP contribution in [0.25, 0.3) is 0 Å². The molecule has 0 bridgehead atoms. The Bertz CT molecular complexity index is 210. The van der Waals surface area contributed by atoms with Crippen LogP contribution in [0.2, 0.25) is 0 Å². The molecule has 0 aliphatic carbocycles. The molecule has 1 aliphatic rings. The fourth-order valence-corrected chi connectivity index (χ4v) is 1.16. The van der Waals surface area contributed by atoms with Gasteiger partial charge in [0.2, 0.25) is 0 Å². The zero-order chi connectivity index (χ0) is 10.7. The maximum atomic E-state index is 11.6. The summed E-state index contributed by atoms with van der Waals surface area (Å²) in [6, 6.07) is 0. The molecule has 0 aromatic carbocycles. The summed E-state index contributed by atoms with van der Waals surface area (Å²) in [5, 5.41) is 27.5. The van der Waals surface area contributed by atoms with Gasteiger partial charge in [0.15, 0.2) is 0 Å². The van der Waals surface area contributed by atoms with Crippen LogP contribution in [0, 0.1) is 0 Å². The number of hydrogen-bond donors (Lipinski definition) is 3. The summed E-state index contributed by atoms with van der Waals surface area (Å²) >= 11 is 0. The van der Waals surface area contributed by atoms with Gasteiger partial charge in [0.1, 0.15) is 31.0 Å². The maximum absolute atomic E-state index is 11.6. The first-order valence-electron chi connectivity index (χ1n) is 4.00. The van der Waals surface area contributed by atoms with Crippen LogP contribution < -0.4 is 0 Å². The van der Waals surface area contributed by atoms with Crippen molar-refractivity contribution in [2.45, 2.75) is 24.4 Å². The Morgan fingerprint density at radius 2 is 2.07 bits per heavy atom. The van der Waals surface area contributed by atoms with Crippen LogP contribution in [0.5, 0.6) is 0 Å². The molecule has 1 aliphatic heterocycles. The zero-order valence-corrected chi connectivity index (χ0v) is 7.17. The molecule has 1 fully saturated rings. The van der Waals surface area contributed by atoms with Crippen LogP contribution >= 0.6 is 0 Å². The van der Waals surface area contributed by atoms with Gasteiger partial charge in [-0.15, -0.1) is 4.39 Å². The van der Waals surface area contributed by atoms with Crippen LogP contribution in [-0.2, 0) is 9.47 Å². The van der Waals surface area contributed by atoms with Gasteiger partial charge in [-0.3, -0.25) is 0 Å². The van der Waals surface area contributed by atoms with E-state index in [0.717, 1.165) is 0 Å². The molecule has 0 aromatic heterocycles. The van der Waals surface area contributed by atoms with Gasteiger partial charge in [0.25, 0.3) is 0 Å². The molecule has 4 unspecified atom stereocenters. The molecule has 0 aromatic rings. The lowest BCUT2D eigenvalue weighted by Gasteiger charge is -2.34. The minimum atomic E-state index is -1.98. The van der Waals surface area contributed by atoms with Crippen molar-refractivity contribution in [2.75, 3.05) is 13.2 Å². The fourth-order valence-electron chi connectivity index (χ4n) is 1.16. The molecule has 82 valence electrons. The first-order chi connectivity index (χ1) is 6.52. The Hall–Kier alpha value is -0.760. The Morgan fingerprint density at radius 1 is 1.43 bits per heavy atom. The highest BCUT2D eigenvalue weighted by Crippen LogP contribution is 2.15. The second-order valence-corrected chi connectivity index (χ2v) is 2.97. The van der Waals surface area contributed by atoms with Gasteiger partial charge in [-0.1, -0.05) is 0 Å². The van der Waals surface area contributed by atoms with Gasteiger partial charge in [-0.2, -0.15) is 0 Å². The van der Waals surface area contributed by atoms with E-state index >= 15 is 0 Å². The molecule has 14 heavy (non-hydrogen) atoms. The molecular weight excluding hydrogens is 199 g/mol. The summed E-state index contributed by atoms with van der Waals surface area (Å²) in [5.74, 6) is 0. The summed E-state index contributed by atoms with van der Waals surface area (Å²) in [7, 11) is 0. The second-order valence-electron chi connectivity index (χ2n) is 2.97. The van der Waals surface area contributed by atoms with Crippen LogP contribution in [0.15, 0.2) is 0 Å². The number of carbonyl (C=O) groups excluding carboxylic acids is 1. The van der Waals surface area contributed by atoms with Crippen molar-refractivity contribution in [2.24, 2.45) is 0 Å². The van der Waals surface area contributed by atoms with Gasteiger partial charge in [-0.05, 0) is 0 Å². The van der Waals surface area contributed by atoms with Crippen LogP contribution in [0.3, 0.4) is 0 Å². The minimum absolute atomic E-state index is 0.202. The van der Waals surface area contributed by atoms with Crippen molar-refractivity contribution in [1.82, 2.24) is 0 Å². The average Bonchev–Trinajstić information content (AvgIpc) is 2.13. The smallest absolute Gasteiger partial charge is 0.437 e. The van der Waals surface area contributed by atoms with E-state index in [1.807, 2.05) is 0 Å². The van der Waals surface area contributed by atoms with Crippen molar-refractivity contribution >= 4 is 6.22 Å². The van der Waals surface area contributed by atoms with Crippen molar-refractivity contribution in [3.05, 3.63) is 0 Å². The summed E-state index contributed by atoms with van der Waals surface area (Å²) in [6.07, 6.45) is -6.98. The minimum Gasteiger partial charge on any atom is -0.437 e. The molecule has 0 saturated carbocycles. The summed E-state index contributed by atoms with van der Waals surface area (Å²) < 4.78 is 20.4. The lowest BCUT2D eigenvalue weighted by Crippen LogP contribution is -2.54. The van der Waals surface area contributed by atoms with Gasteiger partial charge >= 0.3 is 6.22 Å². The maximum Gasteiger partial charge on any atom is 0.495 e. The molecule has 0 spiro atoms. The van der Waals surface area contributed by atoms with E-state index in [1.54, 1.807) is 0 Å². The standard InChI is InChI=1S/C7H11FO6/c8-7(12)14-2-4-6(11)5(10)3(9)1-13-4/h3-6,9-11H,1-2H2. The summed E-state index contributed by atoms with van der Waals surface area (Å²) in [4.78, 5) is 9.80. The molecular formula is C7H11FO6. The van der Waals surface area contributed by atoms with Crippen molar-refractivity contribution in [3.63, 3.8) is 0 Å². The summed E-state index contributed by atoms with van der Waals surface area (Å²) in [5.41, 5.74) is 0. The normalized spacial score (nSPS) is 38.0.